The number of thioether (sulfide) groups is 2. The number of ether oxygens (including phenoxy) is 4. The van der Waals surface area contributed by atoms with Crippen LogP contribution < -0.4 is 29.6 Å². The smallest absolute Gasteiger partial charge is 0.274 e. The van der Waals surface area contributed by atoms with E-state index in [-0.39, 0.29) is 11.4 Å². The summed E-state index contributed by atoms with van der Waals surface area (Å²) in [4.78, 5) is 24.2. The molecule has 4 aromatic carbocycles. The quantitative estimate of drug-likeness (QED) is 0.140. The molecule has 0 aliphatic carbocycles. The van der Waals surface area contributed by atoms with E-state index in [0.717, 1.165) is 56.3 Å². The number of fused-ring (bicyclic) bond motifs is 4. The molecule has 14 heteroatoms. The molecule has 254 valence electrons. The van der Waals surface area contributed by atoms with Crippen LogP contribution in [0.1, 0.15) is 36.1 Å². The normalized spacial score (nSPS) is 20.6. The molecule has 4 aliphatic rings. The minimum Gasteiger partial charge on any atom is -0.493 e. The fourth-order valence-corrected chi connectivity index (χ4v) is 9.18. The van der Waals surface area contributed by atoms with Crippen molar-refractivity contribution in [3.8, 4) is 23.0 Å². The number of nitrogens with one attached hydrogen (secondary N) is 2. The number of nitro groups is 2. The number of methoxy groups -OCH3 is 2. The van der Waals surface area contributed by atoms with Crippen LogP contribution in [-0.2, 0) is 12.8 Å². The standard InChI is InChI=1S/C36H30N4O8S2/c1-19-13-23-15-25(39(41)42)17-27(45-3)33(23)47-35(19)37-31-21(7-5-9-29(31)49-35)11-12-22-8-6-10-30-32(22)38-36(50-30)20(2)14-24-16-26(40(43)44)18-28(46-4)34(24)48-36/h5-10,13-18,37-38H,11-12H2,1-4H3. The highest BCUT2D eigenvalue weighted by Gasteiger charge is 2.48. The summed E-state index contributed by atoms with van der Waals surface area (Å²) in [7, 11) is 2.94. The van der Waals surface area contributed by atoms with E-state index in [1.807, 2.05) is 38.1 Å². The number of anilines is 2. The van der Waals surface area contributed by atoms with Gasteiger partial charge in [-0.3, -0.25) is 20.2 Å². The Balaban J connectivity index is 1.05. The van der Waals surface area contributed by atoms with Crippen molar-refractivity contribution in [2.24, 2.45) is 0 Å². The van der Waals surface area contributed by atoms with Crippen molar-refractivity contribution >= 4 is 58.4 Å². The Morgan fingerprint density at radius 2 is 1.12 bits per heavy atom. The first-order valence-corrected chi connectivity index (χ1v) is 17.3. The first-order valence-electron chi connectivity index (χ1n) is 15.7. The molecule has 2 N–H and O–H groups in total. The Morgan fingerprint density at radius 1 is 0.700 bits per heavy atom. The van der Waals surface area contributed by atoms with Crippen molar-refractivity contribution in [2.75, 3.05) is 24.9 Å². The second-order valence-electron chi connectivity index (χ2n) is 12.3. The van der Waals surface area contributed by atoms with E-state index in [2.05, 4.69) is 34.9 Å². The number of benzene rings is 4. The fourth-order valence-electron chi connectivity index (χ4n) is 6.70. The maximum Gasteiger partial charge on any atom is 0.274 e. The molecule has 0 amide bonds. The molecule has 0 saturated carbocycles. The van der Waals surface area contributed by atoms with E-state index < -0.39 is 20.0 Å². The van der Waals surface area contributed by atoms with Gasteiger partial charge < -0.3 is 29.6 Å². The lowest BCUT2D eigenvalue weighted by Crippen LogP contribution is -2.41. The third-order valence-electron chi connectivity index (χ3n) is 9.25. The second-order valence-corrected chi connectivity index (χ2v) is 14.7. The predicted octanol–water partition coefficient (Wildman–Crippen LogP) is 8.64. The molecule has 0 radical (unpaired) electrons. The van der Waals surface area contributed by atoms with Crippen LogP contribution in [0.3, 0.4) is 0 Å². The molecule has 0 aromatic heterocycles. The Labute approximate surface area is 295 Å². The van der Waals surface area contributed by atoms with Crippen LogP contribution in [0.5, 0.6) is 23.0 Å². The molecule has 4 aliphatic heterocycles. The van der Waals surface area contributed by atoms with E-state index in [9.17, 15) is 20.2 Å². The average molecular weight is 711 g/mol. The zero-order chi connectivity index (χ0) is 34.9. The lowest BCUT2D eigenvalue weighted by atomic mass is 10.00. The van der Waals surface area contributed by atoms with Crippen LogP contribution in [0.4, 0.5) is 22.7 Å². The molecule has 2 spiro atoms. The van der Waals surface area contributed by atoms with Crippen molar-refractivity contribution in [1.82, 2.24) is 0 Å². The molecular formula is C36H30N4O8S2. The number of nitrogens with zero attached hydrogens (tertiary/aromatic N) is 2. The van der Waals surface area contributed by atoms with E-state index in [0.29, 0.717) is 34.1 Å². The number of para-hydroxylation sites is 2. The van der Waals surface area contributed by atoms with Gasteiger partial charge in [0.25, 0.3) is 21.5 Å². The molecule has 8 rings (SSSR count). The Morgan fingerprint density at radius 3 is 1.50 bits per heavy atom. The Bertz CT molecular complexity index is 2070. The van der Waals surface area contributed by atoms with Gasteiger partial charge >= 0.3 is 0 Å². The molecule has 2 unspecified atom stereocenters. The number of rotatable bonds is 7. The fraction of sp³-hybridized carbons (Fsp3) is 0.222. The second kappa shape index (κ2) is 11.6. The first-order chi connectivity index (χ1) is 24.0. The molecule has 0 saturated heterocycles. The van der Waals surface area contributed by atoms with Gasteiger partial charge in [0.05, 0.1) is 47.6 Å². The minimum atomic E-state index is -0.937. The van der Waals surface area contributed by atoms with Crippen molar-refractivity contribution in [2.45, 2.75) is 46.6 Å². The SMILES string of the molecule is COc1cc([N+](=O)[O-])cc2c1OC1(Nc3c(CCc4cccc5c4NC4(Oc6c(cc([N+](=O)[O-])cc6OC)C=C4C)S5)cccc3S1)C(C)=C2. The monoisotopic (exact) mass is 710 g/mol. The van der Waals surface area contributed by atoms with Gasteiger partial charge in [-0.1, -0.05) is 24.3 Å². The lowest BCUT2D eigenvalue weighted by Gasteiger charge is -2.35. The summed E-state index contributed by atoms with van der Waals surface area (Å²) < 4.78 is 24.2. The van der Waals surface area contributed by atoms with Gasteiger partial charge in [-0.15, -0.1) is 0 Å². The number of non-ortho nitro benzene ring substituents is 2. The number of aryl methyl sites for hydroxylation is 2. The predicted molar refractivity (Wildman–Crippen MR) is 193 cm³/mol. The third-order valence-corrected chi connectivity index (χ3v) is 12.0. The molecule has 4 aromatic rings. The minimum absolute atomic E-state index is 0.0647. The van der Waals surface area contributed by atoms with Crippen molar-refractivity contribution in [3.63, 3.8) is 0 Å². The number of nitro benzene ring substituents is 2. The van der Waals surface area contributed by atoms with Gasteiger partial charge in [-0.2, -0.15) is 0 Å². The van der Waals surface area contributed by atoms with Gasteiger partial charge in [0.2, 0.25) is 0 Å². The van der Waals surface area contributed by atoms with Crippen molar-refractivity contribution < 1.29 is 28.8 Å². The van der Waals surface area contributed by atoms with E-state index in [1.54, 1.807) is 23.5 Å². The molecule has 12 nitrogen and oxygen atoms in total. The van der Waals surface area contributed by atoms with Gasteiger partial charge in [-0.25, -0.2) is 0 Å². The van der Waals surface area contributed by atoms with Crippen LogP contribution in [0, 0.1) is 20.2 Å². The van der Waals surface area contributed by atoms with E-state index >= 15 is 0 Å². The lowest BCUT2D eigenvalue weighted by molar-refractivity contribution is -0.385. The van der Waals surface area contributed by atoms with E-state index in [1.165, 1.54) is 38.5 Å². The maximum absolute atomic E-state index is 11.5. The summed E-state index contributed by atoms with van der Waals surface area (Å²) in [5.41, 5.74) is 6.99. The average Bonchev–Trinajstić information content (AvgIpc) is 3.67. The Hall–Kier alpha value is -5.34. The van der Waals surface area contributed by atoms with E-state index in [4.69, 9.17) is 18.9 Å². The van der Waals surface area contributed by atoms with Crippen molar-refractivity contribution in [3.05, 3.63) is 114 Å². The van der Waals surface area contributed by atoms with Gasteiger partial charge in [0.1, 0.15) is 0 Å². The highest BCUT2D eigenvalue weighted by Crippen LogP contribution is 2.57. The summed E-state index contributed by atoms with van der Waals surface area (Å²) in [5.74, 6) is 1.49. The molecule has 0 bridgehead atoms. The molecule has 0 fully saturated rings. The summed E-state index contributed by atoms with van der Waals surface area (Å²) in [6.45, 7) is 3.90. The topological polar surface area (TPSA) is 147 Å². The molecule has 50 heavy (non-hydrogen) atoms. The summed E-state index contributed by atoms with van der Waals surface area (Å²) in [5, 5.41) is 28.5. The Kier molecular flexibility index (Phi) is 7.42. The van der Waals surface area contributed by atoms with Crippen LogP contribution in [-0.4, -0.2) is 34.2 Å². The zero-order valence-corrected chi connectivity index (χ0v) is 29.0. The highest BCUT2D eigenvalue weighted by molar-refractivity contribution is 8.01. The zero-order valence-electron chi connectivity index (χ0n) is 27.3. The summed E-state index contributed by atoms with van der Waals surface area (Å²) in [6.07, 6.45) is 5.28. The van der Waals surface area contributed by atoms with Crippen LogP contribution >= 0.6 is 23.5 Å². The summed E-state index contributed by atoms with van der Waals surface area (Å²) >= 11 is 3.11. The van der Waals surface area contributed by atoms with Gasteiger partial charge in [0.15, 0.2) is 23.0 Å². The van der Waals surface area contributed by atoms with Crippen LogP contribution in [0.25, 0.3) is 12.2 Å². The maximum atomic E-state index is 11.5. The van der Waals surface area contributed by atoms with Crippen molar-refractivity contribution in [1.29, 1.82) is 0 Å². The number of hydrogen-bond donors (Lipinski definition) is 2. The largest absolute Gasteiger partial charge is 0.493 e. The molecular weight excluding hydrogens is 681 g/mol. The first kappa shape index (κ1) is 31.9. The van der Waals surface area contributed by atoms with Crippen LogP contribution in [0.2, 0.25) is 0 Å². The molecule has 2 atom stereocenters. The van der Waals surface area contributed by atoms with Gasteiger partial charge in [0, 0.05) is 44.2 Å². The third kappa shape index (κ3) is 5.00. The molecule has 4 heterocycles. The number of hydrogen-bond acceptors (Lipinski definition) is 12. The highest BCUT2D eigenvalue weighted by atomic mass is 32.2. The van der Waals surface area contributed by atoms with Crippen LogP contribution in [0.15, 0.2) is 81.6 Å². The van der Waals surface area contributed by atoms with Gasteiger partial charge in [-0.05, 0) is 85.6 Å². The summed E-state index contributed by atoms with van der Waals surface area (Å²) in [6, 6.07) is 18.2.